The van der Waals surface area contributed by atoms with Gasteiger partial charge in [0.15, 0.2) is 0 Å². The highest BCUT2D eigenvalue weighted by Crippen LogP contribution is 2.21. The smallest absolute Gasteiger partial charge is 0.282 e. The van der Waals surface area contributed by atoms with Crippen molar-refractivity contribution in [1.29, 1.82) is 0 Å². The molecule has 0 aliphatic heterocycles. The van der Waals surface area contributed by atoms with Crippen molar-refractivity contribution in [2.75, 3.05) is 48.5 Å². The third-order valence-electron chi connectivity index (χ3n) is 5.51. The summed E-state index contributed by atoms with van der Waals surface area (Å²) in [4.78, 5) is 0. The van der Waals surface area contributed by atoms with Crippen LogP contribution in [0.2, 0.25) is 0 Å². The topological polar surface area (TPSA) is 27.7 Å². The van der Waals surface area contributed by atoms with Gasteiger partial charge in [0.05, 0.1) is 27.2 Å². The maximum absolute atomic E-state index is 5.32. The normalized spacial score (nSPS) is 12.2. The first-order valence-electron chi connectivity index (χ1n) is 10.9. The molecule has 0 saturated heterocycles. The van der Waals surface area contributed by atoms with Crippen LogP contribution in [0.3, 0.4) is 0 Å². The highest BCUT2D eigenvalue weighted by Gasteiger charge is 2.28. The molecule has 0 N–H and O–H groups in total. The number of ether oxygens (including phenoxy) is 3. The Hall–Kier alpha value is 0.130. The number of methoxy groups -OCH3 is 3. The summed E-state index contributed by atoms with van der Waals surface area (Å²) in [6.45, 7) is 4.93. The predicted octanol–water partition coefficient (Wildman–Crippen LogP) is 2.75. The van der Waals surface area contributed by atoms with Crippen LogP contribution >= 0.6 is 0 Å². The standard InChI is InChI=1S/C22H48NO3.ClH/c1-7-20-23(2,3)21-18-16-14-12-10-8-9-11-13-15-17-19-22(24-4,25-5)26-6;/h7-21H2,1-6H3;1H/q+1;/p-1. The van der Waals surface area contributed by atoms with Gasteiger partial charge < -0.3 is 31.1 Å². The quantitative estimate of drug-likeness (QED) is 0.186. The number of hydrogen-bond acceptors (Lipinski definition) is 3. The van der Waals surface area contributed by atoms with Gasteiger partial charge in [-0.25, -0.2) is 0 Å². The summed E-state index contributed by atoms with van der Waals surface area (Å²) in [5.41, 5.74) is 0. The van der Waals surface area contributed by atoms with Gasteiger partial charge in [-0.3, -0.25) is 0 Å². The van der Waals surface area contributed by atoms with Crippen molar-refractivity contribution in [3.63, 3.8) is 0 Å². The fraction of sp³-hybridized carbons (Fsp3) is 1.00. The van der Waals surface area contributed by atoms with Crippen molar-refractivity contribution in [2.45, 2.75) is 96.4 Å². The van der Waals surface area contributed by atoms with Gasteiger partial charge in [-0.15, -0.1) is 0 Å². The van der Waals surface area contributed by atoms with E-state index in [4.69, 9.17) is 14.2 Å². The zero-order valence-electron chi connectivity index (χ0n) is 19.2. The Morgan fingerprint density at radius 3 is 1.33 bits per heavy atom. The Balaban J connectivity index is 0. The lowest BCUT2D eigenvalue weighted by molar-refractivity contribution is -0.890. The first-order chi connectivity index (χ1) is 12.4. The van der Waals surface area contributed by atoms with Gasteiger partial charge in [0, 0.05) is 27.8 Å². The van der Waals surface area contributed by atoms with E-state index in [0.717, 1.165) is 12.8 Å². The van der Waals surface area contributed by atoms with Crippen LogP contribution < -0.4 is 12.4 Å². The van der Waals surface area contributed by atoms with Crippen molar-refractivity contribution in [3.8, 4) is 0 Å². The van der Waals surface area contributed by atoms with Crippen molar-refractivity contribution in [2.24, 2.45) is 0 Å². The average Bonchev–Trinajstić information content (AvgIpc) is 2.62. The van der Waals surface area contributed by atoms with E-state index in [0.29, 0.717) is 0 Å². The Morgan fingerprint density at radius 2 is 0.963 bits per heavy atom. The highest BCUT2D eigenvalue weighted by molar-refractivity contribution is 4.57. The minimum atomic E-state index is -0.843. The van der Waals surface area contributed by atoms with Gasteiger partial charge in [0.1, 0.15) is 0 Å². The summed E-state index contributed by atoms with van der Waals surface area (Å²) in [5.74, 6) is -0.843. The molecule has 0 atom stereocenters. The molecule has 0 fully saturated rings. The lowest BCUT2D eigenvalue weighted by atomic mass is 10.0. The van der Waals surface area contributed by atoms with Crippen LogP contribution in [-0.4, -0.2) is 59.0 Å². The van der Waals surface area contributed by atoms with Crippen molar-refractivity contribution in [1.82, 2.24) is 0 Å². The zero-order valence-corrected chi connectivity index (χ0v) is 19.9. The fourth-order valence-electron chi connectivity index (χ4n) is 3.75. The summed E-state index contributed by atoms with van der Waals surface area (Å²) in [7, 11) is 9.64. The molecule has 0 rings (SSSR count). The molecule has 0 amide bonds. The molecular formula is C22H48ClNO3. The summed E-state index contributed by atoms with van der Waals surface area (Å²) in [5, 5.41) is 0. The molecule has 27 heavy (non-hydrogen) atoms. The van der Waals surface area contributed by atoms with Gasteiger partial charge in [-0.05, 0) is 25.7 Å². The van der Waals surface area contributed by atoms with Crippen LogP contribution in [0.15, 0.2) is 0 Å². The molecule has 0 heterocycles. The highest BCUT2D eigenvalue weighted by atomic mass is 35.5. The second-order valence-electron chi connectivity index (χ2n) is 8.32. The molecule has 0 aliphatic rings. The summed E-state index contributed by atoms with van der Waals surface area (Å²) in [6.07, 6.45) is 16.9. The first kappa shape index (κ1) is 29.3. The van der Waals surface area contributed by atoms with E-state index in [2.05, 4.69) is 21.0 Å². The minimum absolute atomic E-state index is 0. The third-order valence-corrected chi connectivity index (χ3v) is 5.51. The van der Waals surface area contributed by atoms with Gasteiger partial charge >= 0.3 is 0 Å². The molecule has 0 radical (unpaired) electrons. The van der Waals surface area contributed by atoms with Gasteiger partial charge in [0.25, 0.3) is 5.97 Å². The monoisotopic (exact) mass is 409 g/mol. The maximum Gasteiger partial charge on any atom is 0.282 e. The molecule has 0 aromatic carbocycles. The Bertz CT molecular complexity index is 302. The molecule has 0 bridgehead atoms. The van der Waals surface area contributed by atoms with E-state index >= 15 is 0 Å². The lowest BCUT2D eigenvalue weighted by Crippen LogP contribution is -3.00. The molecule has 0 aliphatic carbocycles. The second-order valence-corrected chi connectivity index (χ2v) is 8.32. The summed E-state index contributed by atoms with van der Waals surface area (Å²) < 4.78 is 17.2. The van der Waals surface area contributed by atoms with E-state index in [-0.39, 0.29) is 12.4 Å². The van der Waals surface area contributed by atoms with Crippen LogP contribution in [-0.2, 0) is 14.2 Å². The Kier molecular flexibility index (Phi) is 19.7. The molecule has 0 saturated carbocycles. The van der Waals surface area contributed by atoms with Crippen molar-refractivity contribution < 1.29 is 31.1 Å². The third kappa shape index (κ3) is 15.7. The number of unbranched alkanes of at least 4 members (excludes halogenated alkanes) is 10. The Labute approximate surface area is 176 Å². The molecule has 0 aromatic heterocycles. The molecule has 0 aromatic rings. The van der Waals surface area contributed by atoms with Crippen LogP contribution in [0.1, 0.15) is 90.4 Å². The molecule has 166 valence electrons. The van der Waals surface area contributed by atoms with Crippen LogP contribution in [0, 0.1) is 0 Å². The average molecular weight is 410 g/mol. The minimum Gasteiger partial charge on any atom is -1.00 e. The van der Waals surface area contributed by atoms with Gasteiger partial charge in [-0.2, -0.15) is 0 Å². The van der Waals surface area contributed by atoms with Gasteiger partial charge in [-0.1, -0.05) is 58.3 Å². The number of halogens is 1. The van der Waals surface area contributed by atoms with Crippen molar-refractivity contribution >= 4 is 0 Å². The molecule has 0 spiro atoms. The lowest BCUT2D eigenvalue weighted by Gasteiger charge is -2.29. The van der Waals surface area contributed by atoms with Crippen LogP contribution in [0.4, 0.5) is 0 Å². The van der Waals surface area contributed by atoms with Gasteiger partial charge in [0.2, 0.25) is 0 Å². The largest absolute Gasteiger partial charge is 1.00 e. The van der Waals surface area contributed by atoms with Crippen molar-refractivity contribution in [3.05, 3.63) is 0 Å². The SMILES string of the molecule is CCC[N+](C)(C)CCCCCCCCCCCCCC(OC)(OC)OC.[Cl-]. The molecule has 5 heteroatoms. The fourth-order valence-corrected chi connectivity index (χ4v) is 3.75. The first-order valence-corrected chi connectivity index (χ1v) is 10.9. The van der Waals surface area contributed by atoms with Crippen LogP contribution in [0.25, 0.3) is 0 Å². The Morgan fingerprint density at radius 1 is 0.593 bits per heavy atom. The van der Waals surface area contributed by atoms with E-state index < -0.39 is 5.97 Å². The summed E-state index contributed by atoms with van der Waals surface area (Å²) in [6, 6.07) is 0. The predicted molar refractivity (Wildman–Crippen MR) is 111 cm³/mol. The van der Waals surface area contributed by atoms with E-state index in [1.54, 1.807) is 21.3 Å². The molecule has 0 unspecified atom stereocenters. The van der Waals surface area contributed by atoms with E-state index in [9.17, 15) is 0 Å². The number of rotatable bonds is 19. The summed E-state index contributed by atoms with van der Waals surface area (Å²) >= 11 is 0. The van der Waals surface area contributed by atoms with E-state index in [1.165, 1.54) is 88.2 Å². The number of nitrogens with zero attached hydrogens (tertiary/aromatic N) is 1. The maximum atomic E-state index is 5.32. The molecular weight excluding hydrogens is 362 g/mol. The van der Waals surface area contributed by atoms with E-state index in [1.807, 2.05) is 0 Å². The number of hydrogen-bond donors (Lipinski definition) is 0. The number of quaternary nitrogens is 1. The zero-order chi connectivity index (χ0) is 19.7. The molecule has 4 nitrogen and oxygen atoms in total. The van der Waals surface area contributed by atoms with Crippen LogP contribution in [0.5, 0.6) is 0 Å². The second kappa shape index (κ2) is 18.2.